The van der Waals surface area contributed by atoms with Gasteiger partial charge in [0.15, 0.2) is 0 Å². The topological polar surface area (TPSA) is 63.8 Å². The molecular weight excluding hydrogens is 248 g/mol. The van der Waals surface area contributed by atoms with Crippen molar-refractivity contribution in [2.75, 3.05) is 11.1 Å². The lowest BCUT2D eigenvalue weighted by Gasteiger charge is -2.36. The first-order valence-electron chi connectivity index (χ1n) is 7.69. The van der Waals surface area contributed by atoms with Gasteiger partial charge >= 0.3 is 0 Å². The molecule has 0 amide bonds. The summed E-state index contributed by atoms with van der Waals surface area (Å²) in [5, 5.41) is 3.61. The molecule has 0 radical (unpaired) electrons. The normalized spacial score (nSPS) is 22.0. The first-order chi connectivity index (χ1) is 9.28. The van der Waals surface area contributed by atoms with Crippen molar-refractivity contribution in [2.45, 2.75) is 72.3 Å². The van der Waals surface area contributed by atoms with Gasteiger partial charge in [-0.1, -0.05) is 34.1 Å². The van der Waals surface area contributed by atoms with Crippen LogP contribution < -0.4 is 11.1 Å². The molecule has 1 unspecified atom stereocenters. The van der Waals surface area contributed by atoms with Crippen LogP contribution in [0.5, 0.6) is 0 Å². The van der Waals surface area contributed by atoms with Gasteiger partial charge in [0.05, 0.1) is 0 Å². The molecule has 3 N–H and O–H groups in total. The van der Waals surface area contributed by atoms with Crippen molar-refractivity contribution in [2.24, 2.45) is 5.41 Å². The maximum Gasteiger partial charge on any atom is 0.135 e. The van der Waals surface area contributed by atoms with E-state index in [1.807, 2.05) is 6.92 Å². The molecule has 1 aromatic rings. The summed E-state index contributed by atoms with van der Waals surface area (Å²) in [4.78, 5) is 9.05. The standard InChI is InChI=1S/C16H28N4/c1-10(2)14-19-13(17)11(3)15(20-14)18-12-7-6-8-16(4,5)9-12/h10,12H,6-9H2,1-5H3,(H3,17,18,19,20). The van der Waals surface area contributed by atoms with Gasteiger partial charge in [-0.05, 0) is 31.6 Å². The Morgan fingerprint density at radius 1 is 1.30 bits per heavy atom. The zero-order valence-electron chi connectivity index (χ0n) is 13.5. The Balaban J connectivity index is 2.20. The van der Waals surface area contributed by atoms with Gasteiger partial charge in [-0.25, -0.2) is 9.97 Å². The van der Waals surface area contributed by atoms with E-state index >= 15 is 0 Å². The highest BCUT2D eigenvalue weighted by atomic mass is 15.1. The lowest BCUT2D eigenvalue weighted by Crippen LogP contribution is -2.32. The highest BCUT2D eigenvalue weighted by molar-refractivity contribution is 5.55. The molecule has 112 valence electrons. The van der Waals surface area contributed by atoms with Gasteiger partial charge in [0.25, 0.3) is 0 Å². The third kappa shape index (κ3) is 3.41. The smallest absolute Gasteiger partial charge is 0.135 e. The molecule has 1 heterocycles. The molecule has 0 saturated heterocycles. The first kappa shape index (κ1) is 15.1. The van der Waals surface area contributed by atoms with Crippen LogP contribution in [0, 0.1) is 12.3 Å². The Hall–Kier alpha value is -1.32. The van der Waals surface area contributed by atoms with E-state index in [1.54, 1.807) is 0 Å². The van der Waals surface area contributed by atoms with Crippen molar-refractivity contribution in [3.05, 3.63) is 11.4 Å². The molecule has 20 heavy (non-hydrogen) atoms. The van der Waals surface area contributed by atoms with Crippen LogP contribution in [0.1, 0.15) is 70.7 Å². The summed E-state index contributed by atoms with van der Waals surface area (Å²) in [6, 6.07) is 0.492. The summed E-state index contributed by atoms with van der Waals surface area (Å²) in [5.41, 5.74) is 7.42. The Bertz CT molecular complexity index is 480. The van der Waals surface area contributed by atoms with Gasteiger partial charge in [0.2, 0.25) is 0 Å². The fourth-order valence-corrected chi connectivity index (χ4v) is 2.97. The number of anilines is 2. The van der Waals surface area contributed by atoms with Crippen LogP contribution in [0.2, 0.25) is 0 Å². The van der Waals surface area contributed by atoms with Crippen molar-refractivity contribution in [1.29, 1.82) is 0 Å². The fourth-order valence-electron chi connectivity index (χ4n) is 2.97. The van der Waals surface area contributed by atoms with Crippen LogP contribution in [-0.2, 0) is 0 Å². The Morgan fingerprint density at radius 2 is 2.00 bits per heavy atom. The third-order valence-corrected chi connectivity index (χ3v) is 4.26. The molecule has 0 aliphatic heterocycles. The van der Waals surface area contributed by atoms with E-state index in [4.69, 9.17) is 5.73 Å². The van der Waals surface area contributed by atoms with E-state index < -0.39 is 0 Å². The van der Waals surface area contributed by atoms with E-state index in [9.17, 15) is 0 Å². The quantitative estimate of drug-likeness (QED) is 0.879. The molecule has 0 bridgehead atoms. The minimum absolute atomic E-state index is 0.293. The first-order valence-corrected chi connectivity index (χ1v) is 7.69. The molecule has 1 atom stereocenters. The van der Waals surface area contributed by atoms with Gasteiger partial charge < -0.3 is 11.1 Å². The number of nitrogen functional groups attached to an aromatic ring is 1. The molecule has 1 aromatic heterocycles. The van der Waals surface area contributed by atoms with Crippen LogP contribution >= 0.6 is 0 Å². The molecule has 0 spiro atoms. The molecule has 1 saturated carbocycles. The molecule has 1 aliphatic rings. The van der Waals surface area contributed by atoms with Crippen molar-refractivity contribution in [1.82, 2.24) is 9.97 Å². The lowest BCUT2D eigenvalue weighted by molar-refractivity contribution is 0.229. The van der Waals surface area contributed by atoms with Crippen molar-refractivity contribution < 1.29 is 0 Å². The average Bonchev–Trinajstić information content (AvgIpc) is 2.33. The van der Waals surface area contributed by atoms with E-state index in [2.05, 4.69) is 43.0 Å². The van der Waals surface area contributed by atoms with Crippen LogP contribution in [0.15, 0.2) is 0 Å². The zero-order valence-corrected chi connectivity index (χ0v) is 13.5. The number of hydrogen-bond acceptors (Lipinski definition) is 4. The van der Waals surface area contributed by atoms with E-state index in [0.29, 0.717) is 23.2 Å². The SMILES string of the molecule is Cc1c(N)nc(C(C)C)nc1NC1CCCC(C)(C)C1. The predicted octanol–water partition coefficient (Wildman–Crippen LogP) is 3.87. The molecule has 4 nitrogen and oxygen atoms in total. The second kappa shape index (κ2) is 5.58. The van der Waals surface area contributed by atoms with Gasteiger partial charge in [0.1, 0.15) is 17.5 Å². The number of nitrogens with one attached hydrogen (secondary N) is 1. The van der Waals surface area contributed by atoms with E-state index in [-0.39, 0.29) is 0 Å². The second-order valence-corrected chi connectivity index (χ2v) is 7.20. The maximum atomic E-state index is 6.03. The fraction of sp³-hybridized carbons (Fsp3) is 0.750. The van der Waals surface area contributed by atoms with Crippen molar-refractivity contribution >= 4 is 11.6 Å². The van der Waals surface area contributed by atoms with Gasteiger partial charge in [-0.3, -0.25) is 0 Å². The average molecular weight is 276 g/mol. The van der Waals surface area contributed by atoms with E-state index in [1.165, 1.54) is 25.7 Å². The van der Waals surface area contributed by atoms with Gasteiger partial charge in [0, 0.05) is 17.5 Å². The minimum atomic E-state index is 0.293. The van der Waals surface area contributed by atoms with Crippen LogP contribution in [0.3, 0.4) is 0 Å². The molecule has 2 rings (SSSR count). The van der Waals surface area contributed by atoms with Crippen molar-refractivity contribution in [3.8, 4) is 0 Å². The summed E-state index contributed by atoms with van der Waals surface area (Å²) in [6.45, 7) is 10.9. The summed E-state index contributed by atoms with van der Waals surface area (Å²) >= 11 is 0. The van der Waals surface area contributed by atoms with Gasteiger partial charge in [-0.15, -0.1) is 0 Å². The molecule has 1 aliphatic carbocycles. The van der Waals surface area contributed by atoms with E-state index in [0.717, 1.165) is 17.2 Å². The van der Waals surface area contributed by atoms with Crippen LogP contribution in [-0.4, -0.2) is 16.0 Å². The number of hydrogen-bond donors (Lipinski definition) is 2. The highest BCUT2D eigenvalue weighted by Crippen LogP contribution is 2.36. The molecular formula is C16H28N4. The maximum absolute atomic E-state index is 6.03. The number of nitrogens with zero attached hydrogens (tertiary/aromatic N) is 2. The minimum Gasteiger partial charge on any atom is -0.383 e. The number of nitrogens with two attached hydrogens (primary N) is 1. The summed E-state index contributed by atoms with van der Waals surface area (Å²) in [5.74, 6) is 2.64. The molecule has 1 fully saturated rings. The molecule has 0 aromatic carbocycles. The Morgan fingerprint density at radius 3 is 2.60 bits per heavy atom. The molecule has 4 heteroatoms. The van der Waals surface area contributed by atoms with Crippen LogP contribution in [0.25, 0.3) is 0 Å². The number of rotatable bonds is 3. The Labute approximate surface area is 122 Å². The highest BCUT2D eigenvalue weighted by Gasteiger charge is 2.28. The predicted molar refractivity (Wildman–Crippen MR) is 84.9 cm³/mol. The van der Waals surface area contributed by atoms with Crippen LogP contribution in [0.4, 0.5) is 11.6 Å². The summed E-state index contributed by atoms with van der Waals surface area (Å²) < 4.78 is 0. The number of aromatic nitrogens is 2. The zero-order chi connectivity index (χ0) is 14.9. The summed E-state index contributed by atoms with van der Waals surface area (Å²) in [6.07, 6.45) is 4.99. The second-order valence-electron chi connectivity index (χ2n) is 7.20. The van der Waals surface area contributed by atoms with Crippen molar-refractivity contribution in [3.63, 3.8) is 0 Å². The van der Waals surface area contributed by atoms with Gasteiger partial charge in [-0.2, -0.15) is 0 Å². The summed E-state index contributed by atoms with van der Waals surface area (Å²) in [7, 11) is 0. The third-order valence-electron chi connectivity index (χ3n) is 4.26. The lowest BCUT2D eigenvalue weighted by atomic mass is 9.75. The monoisotopic (exact) mass is 276 g/mol. The largest absolute Gasteiger partial charge is 0.383 e. The Kier molecular flexibility index (Phi) is 4.21.